The van der Waals surface area contributed by atoms with Crippen LogP contribution in [0.15, 0.2) is 48.7 Å². The normalized spacial score (nSPS) is 18.8. The number of ether oxygens (including phenoxy) is 2. The standard InChI is InChI=1S/C27H30F2N4O4.2ClH/c1-36-26-11-10-23-27(32-26)17(12-14-31-23)4-6-20-7-9-22(24(37-20)16-25(34)33-35)30-13-2-3-18-15-19(28)5-8-21(18)29;;/h2-3,5,8,10-12,14-15,20,22,24,30,35H,4,6-7,9,13,16H2,1H3,(H,33,34);2*1H/b3-2+;;/t20-,22-,24-;;/m1../s1. The maximum absolute atomic E-state index is 13.8. The summed E-state index contributed by atoms with van der Waals surface area (Å²) >= 11 is 0. The summed E-state index contributed by atoms with van der Waals surface area (Å²) in [6.45, 7) is 0.377. The fourth-order valence-corrected chi connectivity index (χ4v) is 4.57. The topological polar surface area (TPSA) is 106 Å². The van der Waals surface area contributed by atoms with Crippen LogP contribution in [0.1, 0.15) is 36.8 Å². The SMILES string of the molecule is COc1ccc2nccc(CC[C@@H]3CC[C@@H](NC/C=C/c4cc(F)ccc4F)[C@@H](CC(=O)NO)O3)c2n1.Cl.Cl. The van der Waals surface area contributed by atoms with Gasteiger partial charge in [-0.1, -0.05) is 12.2 Å². The highest BCUT2D eigenvalue weighted by atomic mass is 35.5. The van der Waals surface area contributed by atoms with E-state index in [-0.39, 0.29) is 48.9 Å². The van der Waals surface area contributed by atoms with Gasteiger partial charge in [0.2, 0.25) is 11.8 Å². The molecule has 1 saturated heterocycles. The lowest BCUT2D eigenvalue weighted by molar-refractivity contribution is -0.137. The van der Waals surface area contributed by atoms with Crippen LogP contribution in [0.5, 0.6) is 5.88 Å². The van der Waals surface area contributed by atoms with Gasteiger partial charge in [0, 0.05) is 30.4 Å². The molecule has 3 N–H and O–H groups in total. The first-order valence-corrected chi connectivity index (χ1v) is 12.2. The first-order valence-electron chi connectivity index (χ1n) is 12.2. The number of rotatable bonds is 10. The van der Waals surface area contributed by atoms with Crippen molar-refractivity contribution in [2.75, 3.05) is 13.7 Å². The van der Waals surface area contributed by atoms with Gasteiger partial charge in [0.15, 0.2) is 0 Å². The Morgan fingerprint density at radius 1 is 1.21 bits per heavy atom. The molecule has 212 valence electrons. The van der Waals surface area contributed by atoms with E-state index in [0.717, 1.165) is 54.1 Å². The largest absolute Gasteiger partial charge is 0.481 e. The number of carbonyl (C=O) groups is 1. The number of nitrogens with one attached hydrogen (secondary N) is 2. The van der Waals surface area contributed by atoms with Crippen LogP contribution in [0.3, 0.4) is 0 Å². The van der Waals surface area contributed by atoms with Crippen LogP contribution in [-0.2, 0) is 16.0 Å². The molecular weight excluding hydrogens is 553 g/mol. The number of aryl methyl sites for hydroxylation is 1. The summed E-state index contributed by atoms with van der Waals surface area (Å²) in [5.74, 6) is -1.03. The minimum absolute atomic E-state index is 0. The molecule has 3 atom stereocenters. The molecule has 1 aliphatic heterocycles. The van der Waals surface area contributed by atoms with Crippen molar-refractivity contribution in [3.63, 3.8) is 0 Å². The third kappa shape index (κ3) is 8.81. The molecule has 0 radical (unpaired) electrons. The molecule has 1 fully saturated rings. The van der Waals surface area contributed by atoms with Crippen molar-refractivity contribution in [2.24, 2.45) is 0 Å². The second kappa shape index (κ2) is 15.6. The summed E-state index contributed by atoms with van der Waals surface area (Å²) in [5.41, 5.74) is 4.44. The number of carbonyl (C=O) groups excluding carboxylic acids is 1. The summed E-state index contributed by atoms with van der Waals surface area (Å²) < 4.78 is 38.7. The van der Waals surface area contributed by atoms with Crippen molar-refractivity contribution >= 4 is 47.8 Å². The molecule has 1 aliphatic rings. The van der Waals surface area contributed by atoms with E-state index in [0.29, 0.717) is 18.8 Å². The number of methoxy groups -OCH3 is 1. The predicted molar refractivity (Wildman–Crippen MR) is 149 cm³/mol. The summed E-state index contributed by atoms with van der Waals surface area (Å²) in [6.07, 6.45) is 7.37. The van der Waals surface area contributed by atoms with Crippen molar-refractivity contribution < 1.29 is 28.3 Å². The number of hydrogen-bond donors (Lipinski definition) is 3. The Morgan fingerprint density at radius 3 is 2.79 bits per heavy atom. The summed E-state index contributed by atoms with van der Waals surface area (Å²) in [6, 6.07) is 8.72. The molecule has 4 rings (SSSR count). The zero-order valence-electron chi connectivity index (χ0n) is 21.3. The zero-order valence-corrected chi connectivity index (χ0v) is 22.9. The monoisotopic (exact) mass is 584 g/mol. The van der Waals surface area contributed by atoms with Gasteiger partial charge in [0.25, 0.3) is 0 Å². The van der Waals surface area contributed by atoms with Crippen molar-refractivity contribution in [3.05, 3.63) is 71.4 Å². The molecule has 0 unspecified atom stereocenters. The highest BCUT2D eigenvalue weighted by Gasteiger charge is 2.32. The van der Waals surface area contributed by atoms with E-state index in [1.807, 2.05) is 12.1 Å². The number of fused-ring (bicyclic) bond motifs is 1. The number of nitrogens with zero attached hydrogens (tertiary/aromatic N) is 2. The Labute approximate surface area is 238 Å². The maximum Gasteiger partial charge on any atom is 0.246 e. The maximum atomic E-state index is 13.8. The number of hydrogen-bond acceptors (Lipinski definition) is 7. The van der Waals surface area contributed by atoms with Crippen LogP contribution >= 0.6 is 24.8 Å². The number of pyridine rings is 2. The van der Waals surface area contributed by atoms with Crippen LogP contribution < -0.4 is 15.5 Å². The number of hydroxylamine groups is 1. The third-order valence-electron chi connectivity index (χ3n) is 6.47. The van der Waals surface area contributed by atoms with Gasteiger partial charge in [-0.25, -0.2) is 19.2 Å². The quantitative estimate of drug-likeness (QED) is 0.232. The Morgan fingerprint density at radius 2 is 2.03 bits per heavy atom. The number of amides is 1. The third-order valence-corrected chi connectivity index (χ3v) is 6.47. The summed E-state index contributed by atoms with van der Waals surface area (Å²) in [7, 11) is 1.57. The van der Waals surface area contributed by atoms with Gasteiger partial charge in [-0.2, -0.15) is 0 Å². The van der Waals surface area contributed by atoms with E-state index < -0.39 is 23.6 Å². The first kappa shape index (κ1) is 32.3. The average molecular weight is 585 g/mol. The Hall–Kier alpha value is -2.89. The molecule has 1 amide bonds. The van der Waals surface area contributed by atoms with Crippen LogP contribution in [0.4, 0.5) is 8.78 Å². The van der Waals surface area contributed by atoms with E-state index in [1.54, 1.807) is 30.9 Å². The molecular formula is C27H32Cl2F2N4O4. The Balaban J connectivity index is 0.00000267. The van der Waals surface area contributed by atoms with Gasteiger partial charge in [0.1, 0.15) is 11.6 Å². The minimum Gasteiger partial charge on any atom is -0.481 e. The molecule has 12 heteroatoms. The minimum atomic E-state index is -0.536. The molecule has 0 spiro atoms. The highest BCUT2D eigenvalue weighted by Crippen LogP contribution is 2.27. The second-order valence-corrected chi connectivity index (χ2v) is 8.93. The molecule has 3 heterocycles. The lowest BCUT2D eigenvalue weighted by Gasteiger charge is -2.37. The average Bonchev–Trinajstić information content (AvgIpc) is 2.92. The lowest BCUT2D eigenvalue weighted by atomic mass is 9.93. The van der Waals surface area contributed by atoms with Crippen molar-refractivity contribution in [2.45, 2.75) is 50.4 Å². The van der Waals surface area contributed by atoms with Gasteiger partial charge in [0.05, 0.1) is 36.8 Å². The van der Waals surface area contributed by atoms with Gasteiger partial charge in [-0.3, -0.25) is 15.0 Å². The zero-order chi connectivity index (χ0) is 26.2. The molecule has 3 aromatic rings. The van der Waals surface area contributed by atoms with E-state index in [1.165, 1.54) is 6.08 Å². The molecule has 8 nitrogen and oxygen atoms in total. The van der Waals surface area contributed by atoms with Gasteiger partial charge in [-0.15, -0.1) is 24.8 Å². The van der Waals surface area contributed by atoms with E-state index >= 15 is 0 Å². The summed E-state index contributed by atoms with van der Waals surface area (Å²) in [4.78, 5) is 20.8. The molecule has 0 aliphatic carbocycles. The van der Waals surface area contributed by atoms with Crippen LogP contribution in [0, 0.1) is 11.6 Å². The van der Waals surface area contributed by atoms with Gasteiger partial charge in [-0.05, 0) is 61.6 Å². The van der Waals surface area contributed by atoms with Gasteiger partial charge < -0.3 is 14.8 Å². The van der Waals surface area contributed by atoms with Crippen molar-refractivity contribution in [1.82, 2.24) is 20.8 Å². The lowest BCUT2D eigenvalue weighted by Crippen LogP contribution is -2.49. The molecule has 1 aromatic carbocycles. The van der Waals surface area contributed by atoms with Gasteiger partial charge >= 0.3 is 0 Å². The molecule has 39 heavy (non-hydrogen) atoms. The molecule has 0 bridgehead atoms. The first-order chi connectivity index (χ1) is 18.0. The number of halogens is 4. The van der Waals surface area contributed by atoms with E-state index in [2.05, 4.69) is 15.3 Å². The predicted octanol–water partition coefficient (Wildman–Crippen LogP) is 4.81. The van der Waals surface area contributed by atoms with Crippen LogP contribution in [0.2, 0.25) is 0 Å². The van der Waals surface area contributed by atoms with Crippen LogP contribution in [-0.4, -0.2) is 53.0 Å². The van der Waals surface area contributed by atoms with E-state index in [9.17, 15) is 13.6 Å². The second-order valence-electron chi connectivity index (χ2n) is 8.93. The molecule has 0 saturated carbocycles. The van der Waals surface area contributed by atoms with Crippen molar-refractivity contribution in [1.29, 1.82) is 0 Å². The fraction of sp³-hybridized carbons (Fsp3) is 0.370. The smallest absolute Gasteiger partial charge is 0.246 e. The highest BCUT2D eigenvalue weighted by molar-refractivity contribution is 5.85. The number of aromatic nitrogens is 2. The van der Waals surface area contributed by atoms with E-state index in [4.69, 9.17) is 14.7 Å². The molecule has 2 aromatic heterocycles. The summed E-state index contributed by atoms with van der Waals surface area (Å²) in [5, 5.41) is 12.3. The number of benzene rings is 1. The Kier molecular flexibility index (Phi) is 13.0. The Bertz CT molecular complexity index is 1270. The van der Waals surface area contributed by atoms with Crippen molar-refractivity contribution in [3.8, 4) is 5.88 Å². The fourth-order valence-electron chi connectivity index (χ4n) is 4.57. The van der Waals surface area contributed by atoms with Crippen LogP contribution in [0.25, 0.3) is 17.1 Å².